The van der Waals surface area contributed by atoms with Crippen LogP contribution in [0.5, 0.6) is 0 Å². The van der Waals surface area contributed by atoms with Gasteiger partial charge in [-0.2, -0.15) is 9.97 Å². The number of hydrogen-bond acceptors (Lipinski definition) is 5. The Labute approximate surface area is 95.5 Å². The van der Waals surface area contributed by atoms with Gasteiger partial charge in [-0.1, -0.05) is 6.07 Å². The summed E-state index contributed by atoms with van der Waals surface area (Å²) in [5.41, 5.74) is 10.5. The molecule has 1 aromatic carbocycles. The third kappa shape index (κ3) is 2.39. The quantitative estimate of drug-likeness (QED) is 0.739. The largest absolute Gasteiger partial charge is 0.383 e. The van der Waals surface area contributed by atoms with Crippen molar-refractivity contribution in [3.05, 3.63) is 35.9 Å². The van der Waals surface area contributed by atoms with E-state index in [0.717, 1.165) is 12.1 Å². The first-order valence-electron chi connectivity index (χ1n) is 4.67. The lowest BCUT2D eigenvalue weighted by molar-refractivity contribution is 0.590. The lowest BCUT2D eigenvalue weighted by Gasteiger charge is -2.08. The van der Waals surface area contributed by atoms with E-state index in [1.165, 1.54) is 12.1 Å². The van der Waals surface area contributed by atoms with Gasteiger partial charge in [0.2, 0.25) is 5.95 Å². The number of nitrogens with two attached hydrogens (primary N) is 2. The first kappa shape index (κ1) is 11.1. The van der Waals surface area contributed by atoms with Crippen LogP contribution in [0.15, 0.2) is 24.3 Å². The van der Waals surface area contributed by atoms with Crippen LogP contribution in [-0.2, 0) is 0 Å². The van der Waals surface area contributed by atoms with Crippen LogP contribution in [0.1, 0.15) is 0 Å². The molecule has 2 aromatic rings. The number of para-hydroxylation sites is 1. The Morgan fingerprint density at radius 1 is 1.06 bits per heavy atom. The smallest absolute Gasteiger partial charge is 0.223 e. The maximum atomic E-state index is 13.3. The Morgan fingerprint density at radius 3 is 2.29 bits per heavy atom. The predicted molar refractivity (Wildman–Crippen MR) is 60.5 cm³/mol. The van der Waals surface area contributed by atoms with Crippen LogP contribution >= 0.6 is 0 Å². The second kappa shape index (κ2) is 4.20. The van der Waals surface area contributed by atoms with Gasteiger partial charge in [-0.25, -0.2) is 8.78 Å². The average Bonchev–Trinajstić information content (AvgIpc) is 2.22. The molecule has 0 bridgehead atoms. The van der Waals surface area contributed by atoms with Crippen LogP contribution in [0, 0.1) is 11.6 Å². The van der Waals surface area contributed by atoms with E-state index in [0.29, 0.717) is 0 Å². The lowest BCUT2D eigenvalue weighted by Crippen LogP contribution is -2.04. The van der Waals surface area contributed by atoms with Gasteiger partial charge in [0, 0.05) is 6.07 Å². The summed E-state index contributed by atoms with van der Waals surface area (Å²) in [5.74, 6) is -1.32. The third-order valence-corrected chi connectivity index (χ3v) is 1.98. The number of anilines is 4. The summed E-state index contributed by atoms with van der Waals surface area (Å²) >= 11 is 0. The number of nitrogens with one attached hydrogen (secondary N) is 1. The van der Waals surface area contributed by atoms with E-state index in [2.05, 4.69) is 15.3 Å². The Hall–Kier alpha value is -2.44. The van der Waals surface area contributed by atoms with E-state index < -0.39 is 11.6 Å². The average molecular weight is 237 g/mol. The van der Waals surface area contributed by atoms with Crippen molar-refractivity contribution < 1.29 is 8.78 Å². The molecule has 0 spiro atoms. The number of hydrogen-bond donors (Lipinski definition) is 3. The Bertz CT molecular complexity index is 518. The molecule has 0 radical (unpaired) electrons. The molecule has 0 fully saturated rings. The zero-order valence-corrected chi connectivity index (χ0v) is 8.61. The highest BCUT2D eigenvalue weighted by Gasteiger charge is 2.09. The van der Waals surface area contributed by atoms with E-state index >= 15 is 0 Å². The van der Waals surface area contributed by atoms with Gasteiger partial charge in [0.25, 0.3) is 0 Å². The van der Waals surface area contributed by atoms with Gasteiger partial charge in [-0.15, -0.1) is 0 Å². The summed E-state index contributed by atoms with van der Waals surface area (Å²) in [7, 11) is 0. The highest BCUT2D eigenvalue weighted by molar-refractivity contribution is 5.60. The summed E-state index contributed by atoms with van der Waals surface area (Å²) in [6.07, 6.45) is 0. The topological polar surface area (TPSA) is 89.8 Å². The minimum atomic E-state index is -0.735. The van der Waals surface area contributed by atoms with Crippen molar-refractivity contribution in [2.45, 2.75) is 0 Å². The Kier molecular flexibility index (Phi) is 2.73. The predicted octanol–water partition coefficient (Wildman–Crippen LogP) is 1.66. The maximum absolute atomic E-state index is 13.3. The molecule has 2 rings (SSSR count). The fourth-order valence-corrected chi connectivity index (χ4v) is 1.29. The van der Waals surface area contributed by atoms with Crippen molar-refractivity contribution in [1.82, 2.24) is 9.97 Å². The van der Waals surface area contributed by atoms with E-state index in [4.69, 9.17) is 11.5 Å². The molecule has 88 valence electrons. The molecular formula is C10H9F2N5. The van der Waals surface area contributed by atoms with E-state index in [-0.39, 0.29) is 23.3 Å². The molecule has 1 heterocycles. The third-order valence-electron chi connectivity index (χ3n) is 1.98. The highest BCUT2D eigenvalue weighted by Crippen LogP contribution is 2.22. The minimum Gasteiger partial charge on any atom is -0.383 e. The van der Waals surface area contributed by atoms with Gasteiger partial charge in [0.1, 0.15) is 29.0 Å². The van der Waals surface area contributed by atoms with Crippen molar-refractivity contribution in [1.29, 1.82) is 0 Å². The summed E-state index contributed by atoms with van der Waals surface area (Å²) < 4.78 is 26.7. The molecule has 0 saturated heterocycles. The zero-order valence-electron chi connectivity index (χ0n) is 8.61. The number of nitrogen functional groups attached to an aromatic ring is 2. The monoisotopic (exact) mass is 237 g/mol. The minimum absolute atomic E-state index is 0.0794. The zero-order chi connectivity index (χ0) is 12.4. The molecule has 0 amide bonds. The molecule has 17 heavy (non-hydrogen) atoms. The van der Waals surface area contributed by atoms with Crippen molar-refractivity contribution in [3.8, 4) is 0 Å². The van der Waals surface area contributed by atoms with Crippen LogP contribution in [0.3, 0.4) is 0 Å². The van der Waals surface area contributed by atoms with Crippen molar-refractivity contribution in [3.63, 3.8) is 0 Å². The summed E-state index contributed by atoms with van der Waals surface area (Å²) in [6, 6.07) is 4.83. The summed E-state index contributed by atoms with van der Waals surface area (Å²) in [4.78, 5) is 7.39. The molecule has 5 nitrogen and oxygen atoms in total. The van der Waals surface area contributed by atoms with E-state index in [1.54, 1.807) is 0 Å². The number of halogens is 2. The maximum Gasteiger partial charge on any atom is 0.223 e. The van der Waals surface area contributed by atoms with Crippen molar-refractivity contribution in [2.24, 2.45) is 0 Å². The molecule has 0 aliphatic carbocycles. The van der Waals surface area contributed by atoms with Gasteiger partial charge in [0.15, 0.2) is 0 Å². The standard InChI is InChI=1S/C10H9F2N5/c11-5-2-1-3-6(12)9(5)16-8-4-7(13)15-10(14)17-8/h1-4H,(H5,13,14,15,16,17). The van der Waals surface area contributed by atoms with Crippen LogP contribution < -0.4 is 16.8 Å². The SMILES string of the molecule is Nc1cc(Nc2c(F)cccc2F)nc(N)n1. The molecule has 0 aliphatic heterocycles. The molecular weight excluding hydrogens is 228 g/mol. The van der Waals surface area contributed by atoms with Crippen LogP contribution in [0.4, 0.5) is 32.1 Å². The van der Waals surface area contributed by atoms with Crippen LogP contribution in [0.2, 0.25) is 0 Å². The molecule has 0 atom stereocenters. The number of benzene rings is 1. The van der Waals surface area contributed by atoms with Gasteiger partial charge in [0.05, 0.1) is 0 Å². The van der Waals surface area contributed by atoms with E-state index in [1.807, 2.05) is 0 Å². The summed E-state index contributed by atoms with van der Waals surface area (Å²) in [6.45, 7) is 0. The Morgan fingerprint density at radius 2 is 1.71 bits per heavy atom. The Balaban J connectivity index is 2.38. The van der Waals surface area contributed by atoms with Crippen molar-refractivity contribution in [2.75, 3.05) is 16.8 Å². The highest BCUT2D eigenvalue weighted by atomic mass is 19.1. The molecule has 0 saturated carbocycles. The fraction of sp³-hybridized carbons (Fsp3) is 0. The van der Waals surface area contributed by atoms with Crippen molar-refractivity contribution >= 4 is 23.3 Å². The first-order chi connectivity index (χ1) is 8.06. The van der Waals surface area contributed by atoms with E-state index in [9.17, 15) is 8.78 Å². The second-order valence-electron chi connectivity index (χ2n) is 3.26. The van der Waals surface area contributed by atoms with Crippen LogP contribution in [-0.4, -0.2) is 9.97 Å². The molecule has 1 aromatic heterocycles. The van der Waals surface area contributed by atoms with Gasteiger partial charge < -0.3 is 16.8 Å². The lowest BCUT2D eigenvalue weighted by atomic mass is 10.3. The summed E-state index contributed by atoms with van der Waals surface area (Å²) in [5, 5.41) is 2.46. The molecule has 0 aliphatic rings. The second-order valence-corrected chi connectivity index (χ2v) is 3.26. The molecule has 7 heteroatoms. The normalized spacial score (nSPS) is 10.2. The van der Waals surface area contributed by atoms with Gasteiger partial charge in [-0.05, 0) is 12.1 Å². The first-order valence-corrected chi connectivity index (χ1v) is 4.67. The van der Waals surface area contributed by atoms with Gasteiger partial charge in [-0.3, -0.25) is 0 Å². The molecule has 5 N–H and O–H groups in total. The van der Waals surface area contributed by atoms with Gasteiger partial charge >= 0.3 is 0 Å². The number of rotatable bonds is 2. The fourth-order valence-electron chi connectivity index (χ4n) is 1.29. The van der Waals surface area contributed by atoms with Crippen LogP contribution in [0.25, 0.3) is 0 Å². The number of aromatic nitrogens is 2. The molecule has 0 unspecified atom stereocenters. The number of nitrogens with zero attached hydrogens (tertiary/aromatic N) is 2.